The molecule has 1 heteroatoms. The van der Waals surface area contributed by atoms with Gasteiger partial charge in [0.05, 0.1) is 0 Å². The number of aryl methyl sites for hydroxylation is 2. The molecule has 0 aliphatic rings. The smallest absolute Gasteiger partial charge is 0.167 e. The highest BCUT2D eigenvalue weighted by atomic mass is 16.1. The Kier molecular flexibility index (Phi) is 3.38. The van der Waals surface area contributed by atoms with Crippen molar-refractivity contribution >= 4 is 5.78 Å². The monoisotopic (exact) mass is 224 g/mol. The van der Waals surface area contributed by atoms with Gasteiger partial charge in [-0.3, -0.25) is 4.79 Å². The van der Waals surface area contributed by atoms with Gasteiger partial charge in [0, 0.05) is 12.0 Å². The molecule has 0 amide bonds. The maximum atomic E-state index is 12.2. The third-order valence-electron chi connectivity index (χ3n) is 3.06. The van der Waals surface area contributed by atoms with Gasteiger partial charge in [0.15, 0.2) is 5.78 Å². The number of hydrogen-bond acceptors (Lipinski definition) is 1. The highest BCUT2D eigenvalue weighted by Gasteiger charge is 2.10. The zero-order chi connectivity index (χ0) is 12.3. The molecule has 0 radical (unpaired) electrons. The molecule has 0 aromatic heterocycles. The average Bonchev–Trinajstić information content (AvgIpc) is 2.32. The highest BCUT2D eigenvalue weighted by Crippen LogP contribution is 2.14. The molecule has 0 saturated carbocycles. The fourth-order valence-electron chi connectivity index (χ4n) is 1.96. The van der Waals surface area contributed by atoms with Gasteiger partial charge in [0.25, 0.3) is 0 Å². The molecule has 0 bridgehead atoms. The normalized spacial score (nSPS) is 10.2. The third-order valence-corrected chi connectivity index (χ3v) is 3.06. The van der Waals surface area contributed by atoms with Crippen molar-refractivity contribution in [3.05, 3.63) is 70.8 Å². The van der Waals surface area contributed by atoms with Crippen molar-refractivity contribution in [1.29, 1.82) is 0 Å². The quantitative estimate of drug-likeness (QED) is 0.726. The lowest BCUT2D eigenvalue weighted by Crippen LogP contribution is -2.06. The Balaban J connectivity index is 2.24. The van der Waals surface area contributed by atoms with Crippen LogP contribution in [-0.2, 0) is 6.42 Å². The van der Waals surface area contributed by atoms with E-state index in [9.17, 15) is 4.79 Å². The van der Waals surface area contributed by atoms with Crippen LogP contribution in [0.15, 0.2) is 48.5 Å². The molecule has 2 aromatic rings. The maximum Gasteiger partial charge on any atom is 0.167 e. The summed E-state index contributed by atoms with van der Waals surface area (Å²) in [5.41, 5.74) is 4.16. The van der Waals surface area contributed by atoms with Gasteiger partial charge in [-0.05, 0) is 30.5 Å². The van der Waals surface area contributed by atoms with Crippen molar-refractivity contribution in [1.82, 2.24) is 0 Å². The molecule has 1 nitrogen and oxygen atoms in total. The Morgan fingerprint density at radius 3 is 2.12 bits per heavy atom. The SMILES string of the molecule is Cc1ccccc1CC(=O)c1ccccc1C. The summed E-state index contributed by atoms with van der Waals surface area (Å²) in [5, 5.41) is 0. The topological polar surface area (TPSA) is 17.1 Å². The molecule has 86 valence electrons. The summed E-state index contributed by atoms with van der Waals surface area (Å²) in [4.78, 5) is 12.2. The van der Waals surface area contributed by atoms with E-state index in [1.807, 2.05) is 62.4 Å². The number of rotatable bonds is 3. The van der Waals surface area contributed by atoms with Crippen molar-refractivity contribution in [2.45, 2.75) is 20.3 Å². The van der Waals surface area contributed by atoms with E-state index < -0.39 is 0 Å². The van der Waals surface area contributed by atoms with Crippen molar-refractivity contribution in [2.75, 3.05) is 0 Å². The maximum absolute atomic E-state index is 12.2. The first-order valence-electron chi connectivity index (χ1n) is 5.82. The second-order valence-electron chi connectivity index (χ2n) is 4.34. The Hall–Kier alpha value is -1.89. The van der Waals surface area contributed by atoms with Crippen LogP contribution < -0.4 is 0 Å². The lowest BCUT2D eigenvalue weighted by atomic mass is 9.97. The first kappa shape index (κ1) is 11.6. The summed E-state index contributed by atoms with van der Waals surface area (Å²) >= 11 is 0. The molecule has 0 aliphatic heterocycles. The number of Topliss-reactive ketones (excluding diaryl/α,β-unsaturated/α-hetero) is 1. The summed E-state index contributed by atoms with van der Waals surface area (Å²) < 4.78 is 0. The predicted molar refractivity (Wildman–Crippen MR) is 70.4 cm³/mol. The largest absolute Gasteiger partial charge is 0.294 e. The number of benzene rings is 2. The van der Waals surface area contributed by atoms with Crippen molar-refractivity contribution in [3.63, 3.8) is 0 Å². The van der Waals surface area contributed by atoms with E-state index in [0.29, 0.717) is 6.42 Å². The molecule has 2 rings (SSSR count). The molecular weight excluding hydrogens is 208 g/mol. The molecule has 0 aliphatic carbocycles. The van der Waals surface area contributed by atoms with Crippen LogP contribution in [0.3, 0.4) is 0 Å². The third kappa shape index (κ3) is 2.62. The van der Waals surface area contributed by atoms with E-state index in [4.69, 9.17) is 0 Å². The lowest BCUT2D eigenvalue weighted by molar-refractivity contribution is 0.0992. The predicted octanol–water partition coefficient (Wildman–Crippen LogP) is 3.73. The van der Waals surface area contributed by atoms with Gasteiger partial charge in [0.1, 0.15) is 0 Å². The minimum atomic E-state index is 0.192. The fraction of sp³-hybridized carbons (Fsp3) is 0.188. The Morgan fingerprint density at radius 2 is 1.47 bits per heavy atom. The van der Waals surface area contributed by atoms with Crippen LogP contribution in [0.4, 0.5) is 0 Å². The summed E-state index contributed by atoms with van der Waals surface area (Å²) in [6, 6.07) is 15.8. The van der Waals surface area contributed by atoms with Gasteiger partial charge >= 0.3 is 0 Å². The molecule has 2 aromatic carbocycles. The Bertz CT molecular complexity index is 541. The number of ketones is 1. The highest BCUT2D eigenvalue weighted by molar-refractivity contribution is 5.98. The zero-order valence-electron chi connectivity index (χ0n) is 10.2. The van der Waals surface area contributed by atoms with Crippen molar-refractivity contribution in [3.8, 4) is 0 Å². The van der Waals surface area contributed by atoms with Crippen LogP contribution in [0.1, 0.15) is 27.0 Å². The zero-order valence-corrected chi connectivity index (χ0v) is 10.2. The number of hydrogen-bond donors (Lipinski definition) is 0. The van der Waals surface area contributed by atoms with Gasteiger partial charge in [-0.1, -0.05) is 48.5 Å². The van der Waals surface area contributed by atoms with Crippen molar-refractivity contribution in [2.24, 2.45) is 0 Å². The number of carbonyl (C=O) groups excluding carboxylic acids is 1. The van der Waals surface area contributed by atoms with Gasteiger partial charge in [0.2, 0.25) is 0 Å². The van der Waals surface area contributed by atoms with Crippen LogP contribution in [0.2, 0.25) is 0 Å². The van der Waals surface area contributed by atoms with E-state index in [2.05, 4.69) is 0 Å². The standard InChI is InChI=1S/C16H16O/c1-12-7-3-5-9-14(12)11-16(17)15-10-6-4-8-13(15)2/h3-10H,11H2,1-2H3. The second kappa shape index (κ2) is 4.96. The molecule has 0 fully saturated rings. The summed E-state index contributed by atoms with van der Waals surface area (Å²) in [7, 11) is 0. The van der Waals surface area contributed by atoms with E-state index in [-0.39, 0.29) is 5.78 Å². The molecular formula is C16H16O. The molecule has 17 heavy (non-hydrogen) atoms. The van der Waals surface area contributed by atoms with E-state index in [1.165, 1.54) is 5.56 Å². The molecule has 0 saturated heterocycles. The van der Waals surface area contributed by atoms with Gasteiger partial charge in [-0.25, -0.2) is 0 Å². The van der Waals surface area contributed by atoms with E-state index in [1.54, 1.807) is 0 Å². The lowest BCUT2D eigenvalue weighted by Gasteiger charge is -2.06. The molecule has 0 N–H and O–H groups in total. The van der Waals surface area contributed by atoms with Crippen LogP contribution >= 0.6 is 0 Å². The van der Waals surface area contributed by atoms with Gasteiger partial charge < -0.3 is 0 Å². The van der Waals surface area contributed by atoms with Crippen LogP contribution in [0, 0.1) is 13.8 Å². The number of carbonyl (C=O) groups is 1. The Morgan fingerprint density at radius 1 is 0.882 bits per heavy atom. The van der Waals surface area contributed by atoms with Crippen LogP contribution in [-0.4, -0.2) is 5.78 Å². The van der Waals surface area contributed by atoms with Crippen LogP contribution in [0.25, 0.3) is 0 Å². The van der Waals surface area contributed by atoms with E-state index in [0.717, 1.165) is 16.7 Å². The minimum absolute atomic E-state index is 0.192. The molecule has 0 unspecified atom stereocenters. The molecule has 0 heterocycles. The summed E-state index contributed by atoms with van der Waals surface area (Å²) in [6.07, 6.45) is 0.484. The van der Waals surface area contributed by atoms with Crippen LogP contribution in [0.5, 0.6) is 0 Å². The first-order chi connectivity index (χ1) is 8.18. The summed E-state index contributed by atoms with van der Waals surface area (Å²) in [5.74, 6) is 0.192. The first-order valence-corrected chi connectivity index (χ1v) is 5.82. The molecule has 0 spiro atoms. The van der Waals surface area contributed by atoms with Gasteiger partial charge in [-0.15, -0.1) is 0 Å². The Labute approximate surface area is 102 Å². The van der Waals surface area contributed by atoms with Gasteiger partial charge in [-0.2, -0.15) is 0 Å². The second-order valence-corrected chi connectivity index (χ2v) is 4.34. The average molecular weight is 224 g/mol. The fourth-order valence-corrected chi connectivity index (χ4v) is 1.96. The van der Waals surface area contributed by atoms with E-state index >= 15 is 0 Å². The minimum Gasteiger partial charge on any atom is -0.294 e. The summed E-state index contributed by atoms with van der Waals surface area (Å²) in [6.45, 7) is 4.02. The molecule has 0 atom stereocenters. The van der Waals surface area contributed by atoms with Crippen molar-refractivity contribution < 1.29 is 4.79 Å².